The lowest BCUT2D eigenvalue weighted by Crippen LogP contribution is -1.99. The maximum atomic E-state index is 13.3. The van der Waals surface area contributed by atoms with Crippen LogP contribution in [-0.2, 0) is 6.42 Å². The zero-order valence-corrected chi connectivity index (χ0v) is 8.76. The van der Waals surface area contributed by atoms with Gasteiger partial charge < -0.3 is 10.7 Å². The molecule has 1 aromatic heterocycles. The van der Waals surface area contributed by atoms with Gasteiger partial charge in [0.15, 0.2) is 11.6 Å². The number of nitrogens with zero attached hydrogens (tertiary/aromatic N) is 1. The zero-order valence-electron chi connectivity index (χ0n) is 8.76. The zero-order chi connectivity index (χ0) is 11.5. The average Bonchev–Trinajstić information content (AvgIpc) is 2.68. The summed E-state index contributed by atoms with van der Waals surface area (Å²) in [5.74, 6) is -1.08. The fraction of sp³-hybridized carbons (Fsp3) is 0.364. The first-order valence-electron chi connectivity index (χ1n) is 5.25. The van der Waals surface area contributed by atoms with Crippen LogP contribution in [0.25, 0.3) is 11.0 Å². The minimum absolute atomic E-state index is 0.0720. The van der Waals surface area contributed by atoms with Gasteiger partial charge in [0, 0.05) is 6.42 Å². The number of nitrogens with one attached hydrogen (secondary N) is 1. The molecule has 2 aromatic rings. The third kappa shape index (κ3) is 2.04. The molecular weight excluding hydrogens is 212 g/mol. The Balaban J connectivity index is 2.26. The highest BCUT2D eigenvalue weighted by Gasteiger charge is 2.11. The summed E-state index contributed by atoms with van der Waals surface area (Å²) in [7, 11) is 0. The van der Waals surface area contributed by atoms with Crippen molar-refractivity contribution in [2.24, 2.45) is 5.73 Å². The largest absolute Gasteiger partial charge is 0.342 e. The Labute approximate surface area is 91.7 Å². The van der Waals surface area contributed by atoms with E-state index in [1.54, 1.807) is 0 Å². The van der Waals surface area contributed by atoms with Crippen LogP contribution in [0.15, 0.2) is 12.1 Å². The fourth-order valence-corrected chi connectivity index (χ4v) is 1.62. The quantitative estimate of drug-likeness (QED) is 0.783. The summed E-state index contributed by atoms with van der Waals surface area (Å²) in [5.41, 5.74) is 5.97. The summed E-state index contributed by atoms with van der Waals surface area (Å²) in [6, 6.07) is 2.59. The lowest BCUT2D eigenvalue weighted by molar-refractivity contribution is 0.515. The minimum Gasteiger partial charge on any atom is -0.342 e. The van der Waals surface area contributed by atoms with E-state index in [4.69, 9.17) is 5.73 Å². The van der Waals surface area contributed by atoms with Crippen molar-refractivity contribution in [3.63, 3.8) is 0 Å². The number of fused-ring (bicyclic) bond motifs is 1. The molecule has 0 atom stereocenters. The van der Waals surface area contributed by atoms with Gasteiger partial charge in [-0.2, -0.15) is 0 Å². The first-order valence-corrected chi connectivity index (χ1v) is 5.25. The van der Waals surface area contributed by atoms with E-state index in [2.05, 4.69) is 9.97 Å². The topological polar surface area (TPSA) is 54.7 Å². The Morgan fingerprint density at radius 2 is 2.06 bits per heavy atom. The predicted molar refractivity (Wildman–Crippen MR) is 58.0 cm³/mol. The van der Waals surface area contributed by atoms with Crippen molar-refractivity contribution in [3.05, 3.63) is 29.6 Å². The molecule has 0 aliphatic rings. The lowest BCUT2D eigenvalue weighted by atomic mass is 10.2. The van der Waals surface area contributed by atoms with Crippen LogP contribution in [0.3, 0.4) is 0 Å². The maximum absolute atomic E-state index is 13.3. The first kappa shape index (κ1) is 11.0. The molecule has 1 heterocycles. The molecule has 0 unspecified atom stereocenters. The van der Waals surface area contributed by atoms with Crippen LogP contribution in [0.5, 0.6) is 0 Å². The second-order valence-corrected chi connectivity index (χ2v) is 3.69. The number of unbranched alkanes of at least 4 members (excludes halogenated alkanes) is 1. The monoisotopic (exact) mass is 225 g/mol. The minimum atomic E-state index is -0.890. The highest BCUT2D eigenvalue weighted by atomic mass is 19.2. The van der Waals surface area contributed by atoms with Gasteiger partial charge in [-0.1, -0.05) is 0 Å². The number of aryl methyl sites for hydroxylation is 1. The molecule has 0 saturated heterocycles. The molecule has 0 amide bonds. The number of H-pyrrole nitrogens is 1. The van der Waals surface area contributed by atoms with Crippen LogP contribution in [0.2, 0.25) is 0 Å². The van der Waals surface area contributed by atoms with Crippen molar-refractivity contribution in [3.8, 4) is 0 Å². The van der Waals surface area contributed by atoms with Gasteiger partial charge in [-0.3, -0.25) is 0 Å². The van der Waals surface area contributed by atoms with Gasteiger partial charge in [-0.15, -0.1) is 0 Å². The van der Waals surface area contributed by atoms with Crippen molar-refractivity contribution < 1.29 is 8.78 Å². The Hall–Kier alpha value is -1.49. The molecule has 3 N–H and O–H groups in total. The van der Waals surface area contributed by atoms with Gasteiger partial charge in [-0.25, -0.2) is 13.8 Å². The van der Waals surface area contributed by atoms with Crippen LogP contribution < -0.4 is 5.73 Å². The molecule has 0 spiro atoms. The van der Waals surface area contributed by atoms with Crippen molar-refractivity contribution in [1.29, 1.82) is 0 Å². The van der Waals surface area contributed by atoms with Gasteiger partial charge in [0.25, 0.3) is 0 Å². The summed E-state index contributed by atoms with van der Waals surface area (Å²) in [5, 5.41) is 0. The van der Waals surface area contributed by atoms with Crippen LogP contribution >= 0.6 is 0 Å². The highest BCUT2D eigenvalue weighted by molar-refractivity contribution is 5.75. The summed E-state index contributed by atoms with van der Waals surface area (Å²) >= 11 is 0. The van der Waals surface area contributed by atoms with E-state index in [1.165, 1.54) is 6.07 Å². The second-order valence-electron chi connectivity index (χ2n) is 3.69. The highest BCUT2D eigenvalue weighted by Crippen LogP contribution is 2.18. The van der Waals surface area contributed by atoms with E-state index < -0.39 is 11.6 Å². The van der Waals surface area contributed by atoms with Crippen molar-refractivity contribution in [2.75, 3.05) is 6.54 Å². The van der Waals surface area contributed by atoms with Crippen molar-refractivity contribution in [1.82, 2.24) is 9.97 Å². The van der Waals surface area contributed by atoms with E-state index >= 15 is 0 Å². The molecule has 2 rings (SSSR count). The number of rotatable bonds is 4. The van der Waals surface area contributed by atoms with Crippen LogP contribution in [0.4, 0.5) is 8.78 Å². The van der Waals surface area contributed by atoms with Crippen LogP contribution in [0, 0.1) is 11.6 Å². The molecule has 0 aliphatic heterocycles. The van der Waals surface area contributed by atoms with Gasteiger partial charge in [-0.05, 0) is 31.5 Å². The molecule has 0 radical (unpaired) electrons. The Morgan fingerprint density at radius 3 is 2.81 bits per heavy atom. The molecule has 16 heavy (non-hydrogen) atoms. The average molecular weight is 225 g/mol. The summed E-state index contributed by atoms with van der Waals surface area (Å²) in [6.07, 6.45) is 2.49. The van der Waals surface area contributed by atoms with Crippen molar-refractivity contribution in [2.45, 2.75) is 19.3 Å². The second kappa shape index (κ2) is 4.57. The fourth-order valence-electron chi connectivity index (χ4n) is 1.62. The van der Waals surface area contributed by atoms with Gasteiger partial charge >= 0.3 is 0 Å². The number of aromatic amines is 1. The standard InChI is InChI=1S/C11H13F2N3/c12-7-4-5-8-11(10(7)13)16-9(15-8)3-1-2-6-14/h4-5H,1-3,6,14H2,(H,15,16). The molecule has 0 fully saturated rings. The summed E-state index contributed by atoms with van der Waals surface area (Å²) in [4.78, 5) is 7.00. The molecule has 86 valence electrons. The van der Waals surface area contributed by atoms with Gasteiger partial charge in [0.1, 0.15) is 11.3 Å². The number of imidazole rings is 1. The SMILES string of the molecule is NCCCCc1nc2c(F)c(F)ccc2[nH]1. The van der Waals surface area contributed by atoms with E-state index in [9.17, 15) is 8.78 Å². The molecule has 3 nitrogen and oxygen atoms in total. The summed E-state index contributed by atoms with van der Waals surface area (Å²) < 4.78 is 26.2. The molecule has 5 heteroatoms. The smallest absolute Gasteiger partial charge is 0.186 e. The van der Waals surface area contributed by atoms with Gasteiger partial charge in [0.05, 0.1) is 5.52 Å². The van der Waals surface area contributed by atoms with Crippen LogP contribution in [-0.4, -0.2) is 16.5 Å². The van der Waals surface area contributed by atoms with Crippen molar-refractivity contribution >= 4 is 11.0 Å². The number of benzene rings is 1. The Bertz CT molecular complexity index is 493. The predicted octanol–water partition coefficient (Wildman–Crippen LogP) is 2.12. The summed E-state index contributed by atoms with van der Waals surface area (Å²) in [6.45, 7) is 0.628. The third-order valence-electron chi connectivity index (χ3n) is 2.46. The Kier molecular flexibility index (Phi) is 3.14. The normalized spacial score (nSPS) is 11.2. The molecular formula is C11H13F2N3. The molecule has 0 bridgehead atoms. The number of hydrogen-bond donors (Lipinski definition) is 2. The van der Waals surface area contributed by atoms with E-state index in [0.717, 1.165) is 18.9 Å². The number of aromatic nitrogens is 2. The molecule has 0 saturated carbocycles. The number of halogens is 2. The van der Waals surface area contributed by atoms with Gasteiger partial charge in [0.2, 0.25) is 0 Å². The number of hydrogen-bond acceptors (Lipinski definition) is 2. The third-order valence-corrected chi connectivity index (χ3v) is 2.46. The van der Waals surface area contributed by atoms with E-state index in [0.29, 0.717) is 24.3 Å². The van der Waals surface area contributed by atoms with Crippen LogP contribution in [0.1, 0.15) is 18.7 Å². The van der Waals surface area contributed by atoms with E-state index in [1.807, 2.05) is 0 Å². The van der Waals surface area contributed by atoms with E-state index in [-0.39, 0.29) is 5.52 Å². The maximum Gasteiger partial charge on any atom is 0.186 e. The number of nitrogens with two attached hydrogens (primary N) is 1. The lowest BCUT2D eigenvalue weighted by Gasteiger charge is -1.93. The molecule has 0 aliphatic carbocycles. The molecule has 1 aromatic carbocycles. The Morgan fingerprint density at radius 1 is 1.25 bits per heavy atom. The first-order chi connectivity index (χ1) is 7.72.